The van der Waals surface area contributed by atoms with Gasteiger partial charge in [0.1, 0.15) is 5.82 Å². The molecule has 2 aromatic carbocycles. The molecule has 110 valence electrons. The third-order valence-corrected chi connectivity index (χ3v) is 3.72. The first-order chi connectivity index (χ1) is 10.8. The van der Waals surface area contributed by atoms with Crippen LogP contribution in [-0.2, 0) is 6.54 Å². The molecular formula is C18H17N3O. The van der Waals surface area contributed by atoms with Gasteiger partial charge in [0.15, 0.2) is 0 Å². The Morgan fingerprint density at radius 3 is 2.64 bits per heavy atom. The third-order valence-electron chi connectivity index (χ3n) is 3.72. The monoisotopic (exact) mass is 291 g/mol. The van der Waals surface area contributed by atoms with Crippen LogP contribution < -0.4 is 11.5 Å². The number of hydrogen-bond acceptors (Lipinski definition) is 4. The summed E-state index contributed by atoms with van der Waals surface area (Å²) in [6.45, 7) is 0.310. The van der Waals surface area contributed by atoms with Crippen LogP contribution in [-0.4, -0.2) is 10.1 Å². The van der Waals surface area contributed by atoms with Crippen LogP contribution in [0.1, 0.15) is 11.1 Å². The van der Waals surface area contributed by atoms with Crippen LogP contribution in [0.2, 0.25) is 0 Å². The van der Waals surface area contributed by atoms with E-state index >= 15 is 0 Å². The third kappa shape index (κ3) is 2.29. The number of nitrogens with two attached hydrogens (primary N) is 2. The van der Waals surface area contributed by atoms with Gasteiger partial charge in [-0.25, -0.2) is 4.98 Å². The average molecular weight is 291 g/mol. The number of nitrogens with zero attached hydrogens (tertiary/aromatic N) is 1. The minimum absolute atomic E-state index is 0.310. The molecule has 0 aliphatic carbocycles. The maximum atomic E-state index is 8.79. The summed E-state index contributed by atoms with van der Waals surface area (Å²) in [4.78, 5) is 4.56. The summed E-state index contributed by atoms with van der Waals surface area (Å²) in [5, 5.41) is 12.0. The summed E-state index contributed by atoms with van der Waals surface area (Å²) in [7, 11) is 0. The van der Waals surface area contributed by atoms with Crippen molar-refractivity contribution < 1.29 is 5.11 Å². The van der Waals surface area contributed by atoms with Gasteiger partial charge >= 0.3 is 0 Å². The summed E-state index contributed by atoms with van der Waals surface area (Å²) in [5.41, 5.74) is 14.5. The lowest BCUT2D eigenvalue weighted by Crippen LogP contribution is -2.07. The second-order valence-corrected chi connectivity index (χ2v) is 4.98. The number of aliphatic hydroxyl groups excluding tert-OH is 1. The molecule has 0 saturated heterocycles. The molecule has 0 amide bonds. The van der Waals surface area contributed by atoms with Crippen molar-refractivity contribution in [1.82, 2.24) is 4.98 Å². The number of allylic oxidation sites excluding steroid dienone is 2. The van der Waals surface area contributed by atoms with Crippen molar-refractivity contribution in [3.63, 3.8) is 0 Å². The molecule has 5 N–H and O–H groups in total. The van der Waals surface area contributed by atoms with Crippen molar-refractivity contribution in [3.05, 3.63) is 65.9 Å². The number of rotatable bonds is 3. The first kappa shape index (κ1) is 14.1. The Morgan fingerprint density at radius 1 is 1.05 bits per heavy atom. The Bertz CT molecular complexity index is 898. The number of aromatic nitrogens is 1. The summed E-state index contributed by atoms with van der Waals surface area (Å²) in [6, 6.07) is 12.2. The van der Waals surface area contributed by atoms with Gasteiger partial charge in [-0.2, -0.15) is 0 Å². The Hall–Kier alpha value is -2.85. The molecule has 0 aliphatic rings. The second kappa shape index (κ2) is 5.87. The fourth-order valence-corrected chi connectivity index (χ4v) is 2.69. The average Bonchev–Trinajstić information content (AvgIpc) is 2.55. The Kier molecular flexibility index (Phi) is 3.76. The largest absolute Gasteiger partial charge is 0.516 e. The molecule has 0 bridgehead atoms. The second-order valence-electron chi connectivity index (χ2n) is 4.98. The first-order valence-corrected chi connectivity index (χ1v) is 7.03. The molecule has 4 nitrogen and oxygen atoms in total. The highest BCUT2D eigenvalue weighted by Gasteiger charge is 2.12. The number of hydrogen-bond donors (Lipinski definition) is 3. The predicted molar refractivity (Wildman–Crippen MR) is 92.4 cm³/mol. The molecule has 0 fully saturated rings. The van der Waals surface area contributed by atoms with Gasteiger partial charge in [-0.15, -0.1) is 0 Å². The molecule has 1 aromatic heterocycles. The first-order valence-electron chi connectivity index (χ1n) is 7.03. The molecule has 0 radical (unpaired) electrons. The van der Waals surface area contributed by atoms with E-state index in [1.807, 2.05) is 36.4 Å². The zero-order chi connectivity index (χ0) is 15.5. The van der Waals surface area contributed by atoms with E-state index in [-0.39, 0.29) is 0 Å². The predicted octanol–water partition coefficient (Wildman–Crippen LogP) is 3.51. The molecule has 3 aromatic rings. The van der Waals surface area contributed by atoms with E-state index < -0.39 is 0 Å². The maximum absolute atomic E-state index is 8.79. The van der Waals surface area contributed by atoms with Crippen LogP contribution in [0.4, 0.5) is 5.82 Å². The van der Waals surface area contributed by atoms with Gasteiger partial charge in [0.2, 0.25) is 0 Å². The standard InChI is InChI=1S/C18H17N3O/c19-11-16-14(7-3-4-10-22)15-9-8-12-5-1-2-6-13(12)17(15)21-18(16)20/h1-10,22H,11,19H2,(H2,20,21)/b7-3+,10-4-. The van der Waals surface area contributed by atoms with Gasteiger partial charge in [-0.05, 0) is 17.0 Å². The van der Waals surface area contributed by atoms with Crippen LogP contribution in [0.25, 0.3) is 27.8 Å². The van der Waals surface area contributed by atoms with Crippen LogP contribution in [0.3, 0.4) is 0 Å². The number of benzene rings is 2. The highest BCUT2D eigenvalue weighted by molar-refractivity contribution is 6.08. The Labute approximate surface area is 128 Å². The summed E-state index contributed by atoms with van der Waals surface area (Å²) in [5.74, 6) is 0.444. The fraction of sp³-hybridized carbons (Fsp3) is 0.0556. The molecular weight excluding hydrogens is 274 g/mol. The van der Waals surface area contributed by atoms with Gasteiger partial charge < -0.3 is 16.6 Å². The molecule has 3 rings (SSSR count). The Morgan fingerprint density at radius 2 is 1.86 bits per heavy atom. The van der Waals surface area contributed by atoms with Crippen molar-refractivity contribution in [2.45, 2.75) is 6.54 Å². The van der Waals surface area contributed by atoms with Gasteiger partial charge in [0.25, 0.3) is 0 Å². The molecule has 0 aliphatic heterocycles. The van der Waals surface area contributed by atoms with Gasteiger partial charge in [0, 0.05) is 22.9 Å². The molecule has 0 saturated carbocycles. The number of fused-ring (bicyclic) bond motifs is 3. The van der Waals surface area contributed by atoms with Crippen LogP contribution in [0.15, 0.2) is 54.8 Å². The van der Waals surface area contributed by atoms with Crippen LogP contribution in [0.5, 0.6) is 0 Å². The molecule has 0 unspecified atom stereocenters. The maximum Gasteiger partial charge on any atom is 0.129 e. The quantitative estimate of drug-likeness (QED) is 0.391. The molecule has 22 heavy (non-hydrogen) atoms. The summed E-state index contributed by atoms with van der Waals surface area (Å²) < 4.78 is 0. The lowest BCUT2D eigenvalue weighted by Gasteiger charge is -2.12. The number of nitrogen functional groups attached to an aromatic ring is 1. The van der Waals surface area contributed by atoms with E-state index in [0.29, 0.717) is 12.4 Å². The lowest BCUT2D eigenvalue weighted by molar-refractivity contribution is 0.474. The number of pyridine rings is 1. The number of anilines is 1. The highest BCUT2D eigenvalue weighted by Crippen LogP contribution is 2.31. The van der Waals surface area contributed by atoms with Crippen molar-refractivity contribution >= 4 is 33.6 Å². The zero-order valence-electron chi connectivity index (χ0n) is 12.0. The number of aliphatic hydroxyl groups is 1. The SMILES string of the molecule is NCc1c(N)nc2c(ccc3ccccc32)c1/C=C/C=C\O. The van der Waals surface area contributed by atoms with Crippen molar-refractivity contribution in [1.29, 1.82) is 0 Å². The lowest BCUT2D eigenvalue weighted by atomic mass is 9.98. The van der Waals surface area contributed by atoms with Crippen molar-refractivity contribution in [2.75, 3.05) is 5.73 Å². The summed E-state index contributed by atoms with van der Waals surface area (Å²) in [6.07, 6.45) is 6.18. The Balaban J connectivity index is 2.41. The van der Waals surface area contributed by atoms with E-state index in [1.165, 1.54) is 0 Å². The van der Waals surface area contributed by atoms with Crippen LogP contribution >= 0.6 is 0 Å². The highest BCUT2D eigenvalue weighted by atomic mass is 16.2. The molecule has 0 spiro atoms. The summed E-state index contributed by atoms with van der Waals surface area (Å²) >= 11 is 0. The van der Waals surface area contributed by atoms with Gasteiger partial charge in [-0.1, -0.05) is 48.6 Å². The van der Waals surface area contributed by atoms with E-state index in [9.17, 15) is 0 Å². The normalized spacial score (nSPS) is 12.0. The minimum Gasteiger partial charge on any atom is -0.516 e. The van der Waals surface area contributed by atoms with E-state index in [2.05, 4.69) is 11.1 Å². The zero-order valence-corrected chi connectivity index (χ0v) is 12.0. The van der Waals surface area contributed by atoms with E-state index in [0.717, 1.165) is 39.1 Å². The van der Waals surface area contributed by atoms with Gasteiger partial charge in [0.05, 0.1) is 11.8 Å². The van der Waals surface area contributed by atoms with Gasteiger partial charge in [-0.3, -0.25) is 0 Å². The molecule has 1 heterocycles. The van der Waals surface area contributed by atoms with E-state index in [1.54, 1.807) is 12.2 Å². The minimum atomic E-state index is 0.310. The van der Waals surface area contributed by atoms with E-state index in [4.69, 9.17) is 16.6 Å². The molecule has 4 heteroatoms. The topological polar surface area (TPSA) is 85.2 Å². The smallest absolute Gasteiger partial charge is 0.129 e. The molecule has 0 atom stereocenters. The van der Waals surface area contributed by atoms with Crippen molar-refractivity contribution in [2.24, 2.45) is 5.73 Å². The van der Waals surface area contributed by atoms with Crippen molar-refractivity contribution in [3.8, 4) is 0 Å². The van der Waals surface area contributed by atoms with Crippen LogP contribution in [0, 0.1) is 0 Å². The fourth-order valence-electron chi connectivity index (χ4n) is 2.69.